The zero-order valence-corrected chi connectivity index (χ0v) is 11.5. The van der Waals surface area contributed by atoms with Crippen LogP contribution in [0.2, 0.25) is 5.02 Å². The zero-order chi connectivity index (χ0) is 12.5. The van der Waals surface area contributed by atoms with Crippen molar-refractivity contribution in [1.29, 1.82) is 0 Å². The van der Waals surface area contributed by atoms with Gasteiger partial charge >= 0.3 is 0 Å². The van der Waals surface area contributed by atoms with Crippen LogP contribution < -0.4 is 5.32 Å². The second-order valence-electron chi connectivity index (χ2n) is 5.51. The molecule has 0 spiro atoms. The van der Waals surface area contributed by atoms with Crippen molar-refractivity contribution in [3.63, 3.8) is 0 Å². The summed E-state index contributed by atoms with van der Waals surface area (Å²) in [5.41, 5.74) is 1.29. The Kier molecular flexibility index (Phi) is 3.60. The number of halogens is 1. The molecular formula is C15H20ClNO. The maximum Gasteiger partial charge on any atom is 0.0757 e. The van der Waals surface area contributed by atoms with E-state index in [4.69, 9.17) is 16.3 Å². The Morgan fingerprint density at radius 2 is 1.94 bits per heavy atom. The summed E-state index contributed by atoms with van der Waals surface area (Å²) in [6.45, 7) is 3.12. The normalized spacial score (nSPS) is 29.4. The third-order valence-electron chi connectivity index (χ3n) is 4.06. The van der Waals surface area contributed by atoms with E-state index >= 15 is 0 Å². The first-order valence-corrected chi connectivity index (χ1v) is 7.25. The molecule has 98 valence electrons. The van der Waals surface area contributed by atoms with Crippen LogP contribution >= 0.6 is 11.6 Å². The maximum atomic E-state index is 5.92. The van der Waals surface area contributed by atoms with Crippen LogP contribution in [0.4, 0.5) is 0 Å². The van der Waals surface area contributed by atoms with Gasteiger partial charge in [0.15, 0.2) is 0 Å². The first-order chi connectivity index (χ1) is 8.74. The lowest BCUT2D eigenvalue weighted by molar-refractivity contribution is 0.0793. The molecule has 3 atom stereocenters. The van der Waals surface area contributed by atoms with Gasteiger partial charge in [-0.3, -0.25) is 0 Å². The number of rotatable bonds is 4. The monoisotopic (exact) mass is 265 g/mol. The lowest BCUT2D eigenvalue weighted by Gasteiger charge is -2.24. The Balaban J connectivity index is 1.62. The first-order valence-electron chi connectivity index (χ1n) is 6.87. The molecule has 3 rings (SSSR count). The summed E-state index contributed by atoms with van der Waals surface area (Å²) >= 11 is 5.92. The Bertz CT molecular complexity index is 401. The highest BCUT2D eigenvalue weighted by molar-refractivity contribution is 6.30. The molecule has 1 aromatic carbocycles. The molecule has 0 amide bonds. The van der Waals surface area contributed by atoms with E-state index in [-0.39, 0.29) is 0 Å². The molecule has 0 radical (unpaired) electrons. The van der Waals surface area contributed by atoms with Crippen LogP contribution in [0.1, 0.15) is 37.8 Å². The third-order valence-corrected chi connectivity index (χ3v) is 4.31. The van der Waals surface area contributed by atoms with E-state index in [1.54, 1.807) is 0 Å². The minimum absolute atomic E-state index is 0.357. The van der Waals surface area contributed by atoms with Gasteiger partial charge in [0.05, 0.1) is 6.10 Å². The van der Waals surface area contributed by atoms with E-state index < -0.39 is 0 Å². The van der Waals surface area contributed by atoms with Gasteiger partial charge in [0.2, 0.25) is 0 Å². The van der Waals surface area contributed by atoms with Crippen molar-refractivity contribution in [2.75, 3.05) is 6.61 Å². The van der Waals surface area contributed by atoms with E-state index in [1.807, 2.05) is 12.1 Å². The summed E-state index contributed by atoms with van der Waals surface area (Å²) in [5.74, 6) is 0.808. The van der Waals surface area contributed by atoms with E-state index in [9.17, 15) is 0 Å². The Morgan fingerprint density at radius 3 is 2.61 bits per heavy atom. The van der Waals surface area contributed by atoms with Crippen molar-refractivity contribution in [1.82, 2.24) is 5.32 Å². The van der Waals surface area contributed by atoms with Crippen molar-refractivity contribution in [3.05, 3.63) is 34.9 Å². The van der Waals surface area contributed by atoms with Gasteiger partial charge in [-0.2, -0.15) is 0 Å². The fourth-order valence-corrected chi connectivity index (χ4v) is 2.97. The molecule has 2 nitrogen and oxygen atoms in total. The summed E-state index contributed by atoms with van der Waals surface area (Å²) in [7, 11) is 0. The maximum absolute atomic E-state index is 5.92. The minimum Gasteiger partial charge on any atom is -0.376 e. The highest BCUT2D eigenvalue weighted by Gasteiger charge is 2.40. The van der Waals surface area contributed by atoms with Gasteiger partial charge in [-0.15, -0.1) is 0 Å². The van der Waals surface area contributed by atoms with Crippen LogP contribution in [-0.2, 0) is 4.74 Å². The summed E-state index contributed by atoms with van der Waals surface area (Å²) in [6, 6.07) is 8.99. The predicted molar refractivity (Wildman–Crippen MR) is 73.9 cm³/mol. The SMILES string of the molecule is CC(NC1CCOC1C1CC1)c1ccc(Cl)cc1. The summed E-state index contributed by atoms with van der Waals surface area (Å²) in [5, 5.41) is 4.52. The highest BCUT2D eigenvalue weighted by atomic mass is 35.5. The topological polar surface area (TPSA) is 21.3 Å². The van der Waals surface area contributed by atoms with Crippen LogP contribution in [0, 0.1) is 5.92 Å². The number of nitrogens with one attached hydrogen (secondary N) is 1. The van der Waals surface area contributed by atoms with E-state index in [0.29, 0.717) is 18.2 Å². The Hall–Kier alpha value is -0.570. The zero-order valence-electron chi connectivity index (χ0n) is 10.7. The van der Waals surface area contributed by atoms with Gasteiger partial charge < -0.3 is 10.1 Å². The second kappa shape index (κ2) is 5.20. The molecule has 2 aliphatic rings. The number of ether oxygens (including phenoxy) is 1. The molecule has 1 aromatic rings. The molecule has 0 bridgehead atoms. The standard InChI is InChI=1S/C15H20ClNO/c1-10(11-4-6-13(16)7-5-11)17-14-8-9-18-15(14)12-2-3-12/h4-7,10,12,14-15,17H,2-3,8-9H2,1H3. The lowest BCUT2D eigenvalue weighted by atomic mass is 10.0. The third kappa shape index (κ3) is 2.71. The van der Waals surface area contributed by atoms with E-state index in [0.717, 1.165) is 24.0 Å². The molecule has 3 heteroatoms. The Labute approximate surface area is 114 Å². The quantitative estimate of drug-likeness (QED) is 0.899. The van der Waals surface area contributed by atoms with E-state index in [1.165, 1.54) is 18.4 Å². The van der Waals surface area contributed by atoms with Crippen molar-refractivity contribution >= 4 is 11.6 Å². The van der Waals surface area contributed by atoms with Crippen LogP contribution in [0.3, 0.4) is 0 Å². The highest BCUT2D eigenvalue weighted by Crippen LogP contribution is 2.39. The fraction of sp³-hybridized carbons (Fsp3) is 0.600. The largest absolute Gasteiger partial charge is 0.376 e. The summed E-state index contributed by atoms with van der Waals surface area (Å²) in [6.07, 6.45) is 4.27. The molecular weight excluding hydrogens is 246 g/mol. The van der Waals surface area contributed by atoms with Crippen molar-refractivity contribution in [2.45, 2.75) is 44.4 Å². The lowest BCUT2D eigenvalue weighted by Crippen LogP contribution is -2.39. The molecule has 3 unspecified atom stereocenters. The van der Waals surface area contributed by atoms with Crippen molar-refractivity contribution in [2.24, 2.45) is 5.92 Å². The minimum atomic E-state index is 0.357. The van der Waals surface area contributed by atoms with E-state index in [2.05, 4.69) is 24.4 Å². The molecule has 1 N–H and O–H groups in total. The van der Waals surface area contributed by atoms with Gasteiger partial charge in [-0.25, -0.2) is 0 Å². The summed E-state index contributed by atoms with van der Waals surface area (Å²) in [4.78, 5) is 0. The van der Waals surface area contributed by atoms with Crippen LogP contribution in [0.5, 0.6) is 0 Å². The van der Waals surface area contributed by atoms with Gasteiger partial charge in [0.25, 0.3) is 0 Å². The van der Waals surface area contributed by atoms with Gasteiger partial charge in [0.1, 0.15) is 0 Å². The van der Waals surface area contributed by atoms with Crippen molar-refractivity contribution in [3.8, 4) is 0 Å². The molecule has 0 aromatic heterocycles. The Morgan fingerprint density at radius 1 is 1.22 bits per heavy atom. The molecule has 18 heavy (non-hydrogen) atoms. The molecule has 1 saturated heterocycles. The fourth-order valence-electron chi connectivity index (χ4n) is 2.85. The van der Waals surface area contributed by atoms with Crippen LogP contribution in [0.15, 0.2) is 24.3 Å². The average molecular weight is 266 g/mol. The average Bonchev–Trinajstić information content (AvgIpc) is 3.11. The number of benzene rings is 1. The smallest absolute Gasteiger partial charge is 0.0757 e. The molecule has 1 heterocycles. The molecule has 1 saturated carbocycles. The van der Waals surface area contributed by atoms with Crippen molar-refractivity contribution < 1.29 is 4.74 Å². The number of hydrogen-bond donors (Lipinski definition) is 1. The molecule has 1 aliphatic carbocycles. The van der Waals surface area contributed by atoms with Gasteiger partial charge in [-0.1, -0.05) is 23.7 Å². The summed E-state index contributed by atoms with van der Waals surface area (Å²) < 4.78 is 5.86. The molecule has 1 aliphatic heterocycles. The molecule has 2 fully saturated rings. The van der Waals surface area contributed by atoms with Gasteiger partial charge in [0, 0.05) is 23.7 Å². The van der Waals surface area contributed by atoms with Crippen LogP contribution in [0.25, 0.3) is 0 Å². The van der Waals surface area contributed by atoms with Gasteiger partial charge in [-0.05, 0) is 49.8 Å². The van der Waals surface area contributed by atoms with Crippen LogP contribution in [-0.4, -0.2) is 18.8 Å². The number of hydrogen-bond acceptors (Lipinski definition) is 2. The predicted octanol–water partition coefficient (Wildman–Crippen LogP) is 3.56. The first kappa shape index (κ1) is 12.5. The second-order valence-corrected chi connectivity index (χ2v) is 5.94.